The van der Waals surface area contributed by atoms with Crippen molar-refractivity contribution in [3.8, 4) is 0 Å². The zero-order valence-electron chi connectivity index (χ0n) is 16.3. The number of hydrogen-bond acceptors (Lipinski definition) is 4. The van der Waals surface area contributed by atoms with Gasteiger partial charge in [0, 0.05) is 28.8 Å². The first-order valence-electron chi connectivity index (χ1n) is 9.49. The molecule has 7 nitrogen and oxygen atoms in total. The third-order valence-electron chi connectivity index (χ3n) is 4.56. The number of nitrogens with zero attached hydrogens (tertiary/aromatic N) is 2. The summed E-state index contributed by atoms with van der Waals surface area (Å²) >= 11 is 0. The van der Waals surface area contributed by atoms with Crippen LogP contribution in [0.1, 0.15) is 27.2 Å². The molecule has 4 aromatic rings. The second kappa shape index (κ2) is 8.87. The standard InChI is InChI=1S/C24H18N4O3/c29-22(30)13-9-16-8-11-20-19(15-16)21(28-27-20)12-10-17-7-4-14-25-23(17)26-24(31)18-5-2-1-3-6-18/h1-15H,(H,27,28)(H,29,30)(H,25,26,31). The third-order valence-corrected chi connectivity index (χ3v) is 4.56. The Balaban J connectivity index is 1.60. The fourth-order valence-electron chi connectivity index (χ4n) is 3.04. The monoisotopic (exact) mass is 410 g/mol. The Hall–Kier alpha value is -4.52. The van der Waals surface area contributed by atoms with Crippen LogP contribution in [0.3, 0.4) is 0 Å². The van der Waals surface area contributed by atoms with Crippen LogP contribution in [-0.4, -0.2) is 32.2 Å². The van der Waals surface area contributed by atoms with Crippen molar-refractivity contribution in [2.24, 2.45) is 0 Å². The molecule has 31 heavy (non-hydrogen) atoms. The van der Waals surface area contributed by atoms with Crippen molar-refractivity contribution in [2.75, 3.05) is 5.32 Å². The molecule has 0 unspecified atom stereocenters. The third kappa shape index (κ3) is 4.73. The second-order valence-electron chi connectivity index (χ2n) is 6.68. The highest BCUT2D eigenvalue weighted by Gasteiger charge is 2.09. The van der Waals surface area contributed by atoms with Gasteiger partial charge in [-0.1, -0.05) is 24.3 Å². The van der Waals surface area contributed by atoms with E-state index < -0.39 is 5.97 Å². The number of nitrogens with one attached hydrogen (secondary N) is 2. The highest BCUT2D eigenvalue weighted by molar-refractivity contribution is 6.05. The number of carbonyl (C=O) groups excluding carboxylic acids is 1. The lowest BCUT2D eigenvalue weighted by Gasteiger charge is -2.07. The number of aromatic amines is 1. The fourth-order valence-corrected chi connectivity index (χ4v) is 3.04. The molecule has 152 valence electrons. The van der Waals surface area contributed by atoms with Gasteiger partial charge in [-0.2, -0.15) is 5.10 Å². The first-order chi connectivity index (χ1) is 15.1. The Morgan fingerprint density at radius 3 is 2.61 bits per heavy atom. The zero-order valence-corrected chi connectivity index (χ0v) is 16.3. The number of fused-ring (bicyclic) bond motifs is 1. The number of benzene rings is 2. The molecule has 0 bridgehead atoms. The Kier molecular flexibility index (Phi) is 5.66. The van der Waals surface area contributed by atoms with E-state index in [0.717, 1.165) is 33.8 Å². The molecule has 7 heteroatoms. The zero-order chi connectivity index (χ0) is 21.6. The lowest BCUT2D eigenvalue weighted by molar-refractivity contribution is -0.131. The van der Waals surface area contributed by atoms with E-state index in [0.29, 0.717) is 11.4 Å². The molecule has 0 spiro atoms. The maximum absolute atomic E-state index is 12.5. The van der Waals surface area contributed by atoms with Crippen molar-refractivity contribution in [1.82, 2.24) is 15.2 Å². The predicted octanol–water partition coefficient (Wildman–Crippen LogP) is 4.48. The van der Waals surface area contributed by atoms with Crippen LogP contribution < -0.4 is 5.32 Å². The molecular weight excluding hydrogens is 392 g/mol. The van der Waals surface area contributed by atoms with E-state index in [1.165, 1.54) is 6.08 Å². The molecule has 2 heterocycles. The summed E-state index contributed by atoms with van der Waals surface area (Å²) in [6.07, 6.45) is 7.91. The average Bonchev–Trinajstić information content (AvgIpc) is 3.20. The predicted molar refractivity (Wildman–Crippen MR) is 120 cm³/mol. The Labute approximate surface area is 177 Å². The van der Waals surface area contributed by atoms with Gasteiger partial charge in [0.1, 0.15) is 5.82 Å². The smallest absolute Gasteiger partial charge is 0.328 e. The lowest BCUT2D eigenvalue weighted by atomic mass is 10.1. The van der Waals surface area contributed by atoms with Crippen LogP contribution in [0.4, 0.5) is 5.82 Å². The van der Waals surface area contributed by atoms with Crippen molar-refractivity contribution < 1.29 is 14.7 Å². The fraction of sp³-hybridized carbons (Fsp3) is 0. The number of carboxylic acids is 1. The van der Waals surface area contributed by atoms with E-state index in [4.69, 9.17) is 5.11 Å². The highest BCUT2D eigenvalue weighted by Crippen LogP contribution is 2.22. The SMILES string of the molecule is O=C(O)C=Cc1ccc2n[nH]c(C=Cc3cccnc3NC(=O)c3ccccc3)c2c1. The van der Waals surface area contributed by atoms with E-state index in [1.807, 2.05) is 36.4 Å². The van der Waals surface area contributed by atoms with Crippen molar-refractivity contribution >= 4 is 46.8 Å². The second-order valence-corrected chi connectivity index (χ2v) is 6.68. The van der Waals surface area contributed by atoms with Gasteiger partial charge in [-0.05, 0) is 60.2 Å². The number of amides is 1. The molecule has 0 atom stereocenters. The average molecular weight is 410 g/mol. The van der Waals surface area contributed by atoms with Crippen LogP contribution in [0, 0.1) is 0 Å². The van der Waals surface area contributed by atoms with Crippen LogP contribution in [0.25, 0.3) is 29.1 Å². The first-order valence-corrected chi connectivity index (χ1v) is 9.49. The van der Waals surface area contributed by atoms with Crippen LogP contribution in [0.5, 0.6) is 0 Å². The van der Waals surface area contributed by atoms with Crippen molar-refractivity contribution in [2.45, 2.75) is 0 Å². The quantitative estimate of drug-likeness (QED) is 0.406. The molecule has 2 aromatic heterocycles. The molecule has 2 aromatic carbocycles. The Morgan fingerprint density at radius 2 is 1.81 bits per heavy atom. The van der Waals surface area contributed by atoms with E-state index in [2.05, 4.69) is 20.5 Å². The molecule has 0 aliphatic carbocycles. The molecule has 1 amide bonds. The van der Waals surface area contributed by atoms with E-state index >= 15 is 0 Å². The molecule has 0 fully saturated rings. The van der Waals surface area contributed by atoms with Crippen LogP contribution in [-0.2, 0) is 4.79 Å². The molecule has 0 radical (unpaired) electrons. The van der Waals surface area contributed by atoms with Gasteiger partial charge in [0.15, 0.2) is 0 Å². The summed E-state index contributed by atoms with van der Waals surface area (Å²) in [7, 11) is 0. The Morgan fingerprint density at radius 1 is 0.968 bits per heavy atom. The van der Waals surface area contributed by atoms with Gasteiger partial charge in [-0.15, -0.1) is 0 Å². The topological polar surface area (TPSA) is 108 Å². The van der Waals surface area contributed by atoms with Gasteiger partial charge in [0.05, 0.1) is 11.2 Å². The molecule has 0 aliphatic heterocycles. The molecule has 3 N–H and O–H groups in total. The summed E-state index contributed by atoms with van der Waals surface area (Å²) in [6, 6.07) is 18.1. The van der Waals surface area contributed by atoms with Crippen LogP contribution in [0.2, 0.25) is 0 Å². The molecular formula is C24H18N4O3. The number of rotatable bonds is 6. The number of carbonyl (C=O) groups is 2. The number of pyridine rings is 1. The number of carboxylic acid groups (broad SMARTS) is 1. The maximum atomic E-state index is 12.5. The highest BCUT2D eigenvalue weighted by atomic mass is 16.4. The van der Waals surface area contributed by atoms with Crippen molar-refractivity contribution in [3.05, 3.63) is 95.3 Å². The molecule has 4 rings (SSSR count). The normalized spacial score (nSPS) is 11.4. The Bertz CT molecular complexity index is 1310. The summed E-state index contributed by atoms with van der Waals surface area (Å²) < 4.78 is 0. The van der Waals surface area contributed by atoms with Gasteiger partial charge < -0.3 is 10.4 Å². The van der Waals surface area contributed by atoms with Gasteiger partial charge >= 0.3 is 5.97 Å². The van der Waals surface area contributed by atoms with Gasteiger partial charge in [-0.3, -0.25) is 9.89 Å². The van der Waals surface area contributed by atoms with Crippen molar-refractivity contribution in [1.29, 1.82) is 0 Å². The number of aromatic nitrogens is 3. The number of anilines is 1. The van der Waals surface area contributed by atoms with E-state index in [1.54, 1.807) is 42.6 Å². The van der Waals surface area contributed by atoms with Crippen LogP contribution >= 0.6 is 0 Å². The summed E-state index contributed by atoms with van der Waals surface area (Å²) in [4.78, 5) is 27.5. The molecule has 0 saturated heterocycles. The van der Waals surface area contributed by atoms with E-state index in [-0.39, 0.29) is 5.91 Å². The lowest BCUT2D eigenvalue weighted by Crippen LogP contribution is -2.13. The molecule has 0 saturated carbocycles. The minimum absolute atomic E-state index is 0.240. The van der Waals surface area contributed by atoms with Crippen molar-refractivity contribution in [3.63, 3.8) is 0 Å². The molecule has 0 aliphatic rings. The van der Waals surface area contributed by atoms with E-state index in [9.17, 15) is 9.59 Å². The summed E-state index contributed by atoms with van der Waals surface area (Å²) in [6.45, 7) is 0. The number of H-pyrrole nitrogens is 1. The largest absolute Gasteiger partial charge is 0.478 e. The summed E-state index contributed by atoms with van der Waals surface area (Å²) in [5.74, 6) is -0.800. The maximum Gasteiger partial charge on any atom is 0.328 e. The van der Waals surface area contributed by atoms with Crippen LogP contribution in [0.15, 0.2) is 72.9 Å². The minimum Gasteiger partial charge on any atom is -0.478 e. The number of aliphatic carboxylic acids is 1. The number of hydrogen-bond donors (Lipinski definition) is 3. The summed E-state index contributed by atoms with van der Waals surface area (Å²) in [5, 5.41) is 19.8. The van der Waals surface area contributed by atoms with Gasteiger partial charge in [-0.25, -0.2) is 9.78 Å². The van der Waals surface area contributed by atoms with Gasteiger partial charge in [0.25, 0.3) is 5.91 Å². The minimum atomic E-state index is -1.01. The summed E-state index contributed by atoms with van der Waals surface area (Å²) in [5.41, 5.74) is 3.55. The first kappa shape index (κ1) is 19.8. The van der Waals surface area contributed by atoms with Gasteiger partial charge in [0.2, 0.25) is 0 Å².